The maximum Gasteiger partial charge on any atom is 0.207 e. The van der Waals surface area contributed by atoms with Crippen molar-refractivity contribution >= 4 is 43.2 Å². The molecule has 1 N–H and O–H groups in total. The van der Waals surface area contributed by atoms with Crippen molar-refractivity contribution in [2.75, 3.05) is 5.32 Å². The highest BCUT2D eigenvalue weighted by molar-refractivity contribution is 9.11. The largest absolute Gasteiger partial charge is 0.452 e. The van der Waals surface area contributed by atoms with Crippen LogP contribution < -0.4 is 15.5 Å². The van der Waals surface area contributed by atoms with Crippen molar-refractivity contribution in [1.29, 1.82) is 0 Å². The lowest BCUT2D eigenvalue weighted by atomic mass is 10.2. The van der Waals surface area contributed by atoms with Crippen LogP contribution in [0.25, 0.3) is 0 Å². The van der Waals surface area contributed by atoms with Crippen LogP contribution in [0.3, 0.4) is 0 Å². The minimum Gasteiger partial charge on any atom is -0.452 e. The molecular formula is C13H7Br2NO2. The van der Waals surface area contributed by atoms with E-state index < -0.39 is 0 Å². The van der Waals surface area contributed by atoms with E-state index >= 15 is 0 Å². The number of halogens is 2. The third-order valence-electron chi connectivity index (χ3n) is 2.58. The molecule has 0 bridgehead atoms. The summed E-state index contributed by atoms with van der Waals surface area (Å²) < 4.78 is 7.19. The molecule has 5 heteroatoms. The summed E-state index contributed by atoms with van der Waals surface area (Å²) in [5, 5.41) is 3.11. The number of rotatable bonds is 0. The Kier molecular flexibility index (Phi) is 2.87. The normalized spacial score (nSPS) is 11.9. The molecule has 2 aromatic carbocycles. The van der Waals surface area contributed by atoms with Gasteiger partial charge in [-0.1, -0.05) is 28.1 Å². The average molecular weight is 369 g/mol. The van der Waals surface area contributed by atoms with Gasteiger partial charge in [0.1, 0.15) is 5.69 Å². The Balaban J connectivity index is 2.28. The van der Waals surface area contributed by atoms with Crippen molar-refractivity contribution in [3.8, 4) is 11.5 Å². The zero-order valence-corrected chi connectivity index (χ0v) is 12.2. The molecule has 1 aliphatic rings. The lowest BCUT2D eigenvalue weighted by Crippen LogP contribution is -2.10. The second-order valence-electron chi connectivity index (χ2n) is 3.81. The molecule has 0 spiro atoms. The van der Waals surface area contributed by atoms with E-state index in [2.05, 4.69) is 37.2 Å². The van der Waals surface area contributed by atoms with E-state index in [-0.39, 0.29) is 5.43 Å². The maximum atomic E-state index is 12.1. The molecule has 0 amide bonds. The summed E-state index contributed by atoms with van der Waals surface area (Å²) in [6, 6.07) is 10.8. The maximum absolute atomic E-state index is 12.1. The van der Waals surface area contributed by atoms with E-state index in [0.717, 1.165) is 5.69 Å². The molecule has 1 heterocycles. The van der Waals surface area contributed by atoms with Crippen LogP contribution in [0.4, 0.5) is 11.4 Å². The molecule has 0 radical (unpaired) electrons. The van der Waals surface area contributed by atoms with Gasteiger partial charge in [0.25, 0.3) is 0 Å². The molecule has 0 saturated heterocycles. The number of para-hydroxylation sites is 2. The van der Waals surface area contributed by atoms with Crippen molar-refractivity contribution in [1.82, 2.24) is 0 Å². The van der Waals surface area contributed by atoms with E-state index in [1.807, 2.05) is 24.3 Å². The number of hydrogen-bond donors (Lipinski definition) is 1. The van der Waals surface area contributed by atoms with Gasteiger partial charge >= 0.3 is 0 Å². The predicted octanol–water partition coefficient (Wildman–Crippen LogP) is 4.42. The van der Waals surface area contributed by atoms with E-state index in [9.17, 15) is 4.79 Å². The second-order valence-corrected chi connectivity index (χ2v) is 5.58. The summed E-state index contributed by atoms with van der Waals surface area (Å²) in [7, 11) is 0. The number of nitrogens with one attached hydrogen (secondary N) is 1. The van der Waals surface area contributed by atoms with Gasteiger partial charge in [0.15, 0.2) is 11.5 Å². The summed E-state index contributed by atoms with van der Waals surface area (Å²) in [6.45, 7) is 0. The lowest BCUT2D eigenvalue weighted by Gasteiger charge is -2.20. The van der Waals surface area contributed by atoms with Gasteiger partial charge < -0.3 is 10.1 Å². The van der Waals surface area contributed by atoms with Crippen LogP contribution in [0.5, 0.6) is 11.5 Å². The van der Waals surface area contributed by atoms with Gasteiger partial charge in [0.2, 0.25) is 5.43 Å². The van der Waals surface area contributed by atoms with Gasteiger partial charge in [-0.2, -0.15) is 0 Å². The van der Waals surface area contributed by atoms with E-state index in [0.29, 0.717) is 26.1 Å². The van der Waals surface area contributed by atoms with E-state index in [1.54, 1.807) is 6.07 Å². The Hall–Kier alpha value is -1.33. The third kappa shape index (κ3) is 1.93. The summed E-state index contributed by atoms with van der Waals surface area (Å²) in [6.07, 6.45) is 0. The fourth-order valence-electron chi connectivity index (χ4n) is 1.78. The van der Waals surface area contributed by atoms with Gasteiger partial charge in [-0.05, 0) is 34.1 Å². The number of fused-ring (bicyclic) bond motifs is 2. The first-order chi connectivity index (χ1) is 8.65. The molecule has 0 aromatic heterocycles. The lowest BCUT2D eigenvalue weighted by molar-refractivity contribution is 0.478. The van der Waals surface area contributed by atoms with Gasteiger partial charge in [0.05, 0.1) is 10.2 Å². The highest BCUT2D eigenvalue weighted by atomic mass is 79.9. The first-order valence-electron chi connectivity index (χ1n) is 5.22. The predicted molar refractivity (Wildman–Crippen MR) is 77.9 cm³/mol. The molecule has 0 saturated carbocycles. The average Bonchev–Trinajstić information content (AvgIpc) is 2.45. The quantitative estimate of drug-likeness (QED) is 0.638. The molecule has 0 aliphatic carbocycles. The van der Waals surface area contributed by atoms with E-state index in [1.165, 1.54) is 6.07 Å². The molecule has 0 unspecified atom stereocenters. The van der Waals surface area contributed by atoms with Crippen molar-refractivity contribution in [2.45, 2.75) is 0 Å². The molecule has 3 rings (SSSR count). The SMILES string of the molecule is O=c1cc(Br)cc(Br)c2c1Nc1ccccc1O2. The number of benzene rings is 1. The van der Waals surface area contributed by atoms with Crippen LogP contribution in [0.2, 0.25) is 0 Å². The molecule has 1 aliphatic heterocycles. The standard InChI is InChI=1S/C13H7Br2NO2/c14-7-5-8(15)13-12(10(17)6-7)16-9-3-1-2-4-11(9)18-13/h1-6,16H. The highest BCUT2D eigenvalue weighted by Crippen LogP contribution is 2.43. The Morgan fingerprint density at radius 3 is 2.72 bits per heavy atom. The van der Waals surface area contributed by atoms with Crippen molar-refractivity contribution in [3.63, 3.8) is 0 Å². The monoisotopic (exact) mass is 367 g/mol. The number of ether oxygens (including phenoxy) is 1. The van der Waals surface area contributed by atoms with Crippen LogP contribution >= 0.6 is 31.9 Å². The van der Waals surface area contributed by atoms with Gasteiger partial charge in [0, 0.05) is 10.5 Å². The fraction of sp³-hybridized carbons (Fsp3) is 0. The molecular weight excluding hydrogens is 362 g/mol. The summed E-state index contributed by atoms with van der Waals surface area (Å²) >= 11 is 6.73. The molecule has 90 valence electrons. The summed E-state index contributed by atoms with van der Waals surface area (Å²) in [5.41, 5.74) is 1.10. The Morgan fingerprint density at radius 2 is 1.89 bits per heavy atom. The first-order valence-corrected chi connectivity index (χ1v) is 6.81. The second kappa shape index (κ2) is 4.40. The van der Waals surface area contributed by atoms with Crippen LogP contribution in [0.15, 0.2) is 50.1 Å². The Bertz CT molecular complexity index is 701. The Labute approximate surface area is 120 Å². The number of hydrogen-bond acceptors (Lipinski definition) is 3. The van der Waals surface area contributed by atoms with Crippen LogP contribution in [0, 0.1) is 0 Å². The third-order valence-corrected chi connectivity index (χ3v) is 3.63. The smallest absolute Gasteiger partial charge is 0.207 e. The van der Waals surface area contributed by atoms with Crippen LogP contribution in [0.1, 0.15) is 0 Å². The minimum absolute atomic E-state index is 0.128. The summed E-state index contributed by atoms with van der Waals surface area (Å²) in [4.78, 5) is 12.1. The molecule has 3 nitrogen and oxygen atoms in total. The van der Waals surface area contributed by atoms with Gasteiger partial charge in [-0.15, -0.1) is 0 Å². The zero-order chi connectivity index (χ0) is 12.7. The minimum atomic E-state index is -0.128. The summed E-state index contributed by atoms with van der Waals surface area (Å²) in [5.74, 6) is 1.21. The zero-order valence-electron chi connectivity index (χ0n) is 9.04. The van der Waals surface area contributed by atoms with Crippen LogP contribution in [-0.4, -0.2) is 0 Å². The van der Waals surface area contributed by atoms with E-state index in [4.69, 9.17) is 4.74 Å². The van der Waals surface area contributed by atoms with Gasteiger partial charge in [-0.3, -0.25) is 4.79 Å². The fourth-order valence-corrected chi connectivity index (χ4v) is 3.05. The highest BCUT2D eigenvalue weighted by Gasteiger charge is 2.20. The molecule has 0 fully saturated rings. The van der Waals surface area contributed by atoms with Crippen LogP contribution in [-0.2, 0) is 0 Å². The molecule has 18 heavy (non-hydrogen) atoms. The topological polar surface area (TPSA) is 38.3 Å². The van der Waals surface area contributed by atoms with Crippen molar-refractivity contribution in [3.05, 3.63) is 55.6 Å². The van der Waals surface area contributed by atoms with Crippen molar-refractivity contribution < 1.29 is 4.74 Å². The molecule has 0 atom stereocenters. The Morgan fingerprint density at radius 1 is 1.11 bits per heavy atom. The molecule has 2 aromatic rings. The van der Waals surface area contributed by atoms with Gasteiger partial charge in [-0.25, -0.2) is 0 Å². The first kappa shape index (κ1) is 11.7. The van der Waals surface area contributed by atoms with Crippen molar-refractivity contribution in [2.24, 2.45) is 0 Å². The number of anilines is 2.